The summed E-state index contributed by atoms with van der Waals surface area (Å²) in [5.41, 5.74) is -0.189. The fourth-order valence-corrected chi connectivity index (χ4v) is 2.65. The van der Waals surface area contributed by atoms with Crippen LogP contribution >= 0.6 is 11.6 Å². The van der Waals surface area contributed by atoms with Gasteiger partial charge in [0.1, 0.15) is 6.10 Å². The van der Waals surface area contributed by atoms with Crippen molar-refractivity contribution in [2.45, 2.75) is 39.3 Å². The predicted octanol–water partition coefficient (Wildman–Crippen LogP) is 3.30. The van der Waals surface area contributed by atoms with E-state index >= 15 is 0 Å². The second-order valence-electron chi connectivity index (χ2n) is 5.26. The summed E-state index contributed by atoms with van der Waals surface area (Å²) in [7, 11) is 0. The maximum atomic E-state index is 11.7. The van der Waals surface area contributed by atoms with Crippen LogP contribution < -0.4 is 0 Å². The molecule has 17 heavy (non-hydrogen) atoms. The van der Waals surface area contributed by atoms with Gasteiger partial charge in [-0.25, -0.2) is 4.79 Å². The van der Waals surface area contributed by atoms with E-state index in [4.69, 9.17) is 16.3 Å². The average Bonchev–Trinajstić information content (AvgIpc) is 2.60. The van der Waals surface area contributed by atoms with Gasteiger partial charge in [-0.05, 0) is 26.3 Å². The largest absolute Gasteiger partial charge is 0.443 e. The zero-order chi connectivity index (χ0) is 12.6. The van der Waals surface area contributed by atoms with Gasteiger partial charge in [-0.15, -0.1) is 0 Å². The van der Waals surface area contributed by atoms with Crippen LogP contribution in [0, 0.1) is 5.41 Å². The highest BCUT2D eigenvalue weighted by molar-refractivity contribution is 6.31. The van der Waals surface area contributed by atoms with Crippen LogP contribution in [0.5, 0.6) is 0 Å². The first-order valence-corrected chi connectivity index (χ1v) is 6.32. The highest BCUT2D eigenvalue weighted by Crippen LogP contribution is 2.39. The molecule has 1 amide bonds. The average molecular weight is 256 g/mol. The van der Waals surface area contributed by atoms with Crippen LogP contribution in [0.1, 0.15) is 27.2 Å². The molecule has 0 saturated carbocycles. The lowest BCUT2D eigenvalue weighted by Crippen LogP contribution is -2.37. The highest BCUT2D eigenvalue weighted by Gasteiger charge is 2.43. The molecule has 1 fully saturated rings. The lowest BCUT2D eigenvalue weighted by Gasteiger charge is -2.32. The lowest BCUT2D eigenvalue weighted by atomic mass is 9.78. The molecule has 0 aromatic rings. The number of halogens is 1. The second kappa shape index (κ2) is 4.37. The standard InChI is InChI=1S/C13H18ClNO2/c1-9(2)15-8-11(17-12(15)16)13(3)6-4-5-10(14)7-13/h4-5,7,9,11H,6,8H2,1-3H3/t11-,13?/m0/s1. The molecule has 3 nitrogen and oxygen atoms in total. The van der Waals surface area contributed by atoms with Crippen molar-refractivity contribution in [2.75, 3.05) is 6.54 Å². The van der Waals surface area contributed by atoms with Crippen molar-refractivity contribution in [3.8, 4) is 0 Å². The number of ether oxygens (including phenoxy) is 1. The van der Waals surface area contributed by atoms with Crippen LogP contribution in [-0.2, 0) is 4.74 Å². The van der Waals surface area contributed by atoms with Crippen LogP contribution in [0.15, 0.2) is 23.3 Å². The molecule has 0 aromatic heterocycles. The van der Waals surface area contributed by atoms with Gasteiger partial charge in [0.2, 0.25) is 0 Å². The number of carbonyl (C=O) groups is 1. The Balaban J connectivity index is 2.15. The molecule has 0 radical (unpaired) electrons. The number of hydrogen-bond acceptors (Lipinski definition) is 2. The van der Waals surface area contributed by atoms with E-state index in [1.807, 2.05) is 32.1 Å². The minimum absolute atomic E-state index is 0.115. The predicted molar refractivity (Wildman–Crippen MR) is 67.9 cm³/mol. The third-order valence-corrected chi connectivity index (χ3v) is 3.74. The Kier molecular flexibility index (Phi) is 3.21. The molecule has 0 aromatic carbocycles. The first-order chi connectivity index (χ1) is 7.92. The number of carbonyl (C=O) groups excluding carboxylic acids is 1. The van der Waals surface area contributed by atoms with E-state index in [0.29, 0.717) is 6.54 Å². The van der Waals surface area contributed by atoms with Crippen molar-refractivity contribution in [1.82, 2.24) is 4.90 Å². The van der Waals surface area contributed by atoms with Crippen molar-refractivity contribution in [3.05, 3.63) is 23.3 Å². The van der Waals surface area contributed by atoms with Crippen molar-refractivity contribution >= 4 is 17.7 Å². The number of nitrogens with zero attached hydrogens (tertiary/aromatic N) is 1. The SMILES string of the molecule is CC(C)N1C[C@@H](C2(C)C=C(Cl)C=CC2)OC1=O. The molecule has 0 N–H and O–H groups in total. The third-order valence-electron chi connectivity index (χ3n) is 3.50. The van der Waals surface area contributed by atoms with E-state index in [-0.39, 0.29) is 23.7 Å². The van der Waals surface area contributed by atoms with Crippen molar-refractivity contribution in [1.29, 1.82) is 0 Å². The third kappa shape index (κ3) is 2.34. The number of cyclic esters (lactones) is 1. The lowest BCUT2D eigenvalue weighted by molar-refractivity contribution is 0.0780. The summed E-state index contributed by atoms with van der Waals surface area (Å²) in [5.74, 6) is 0. The summed E-state index contributed by atoms with van der Waals surface area (Å²) in [5, 5.41) is 0.720. The minimum atomic E-state index is -0.217. The number of rotatable bonds is 2. The van der Waals surface area contributed by atoms with E-state index in [1.54, 1.807) is 4.90 Å². The Hall–Kier alpha value is -0.960. The van der Waals surface area contributed by atoms with Gasteiger partial charge in [0.25, 0.3) is 0 Å². The van der Waals surface area contributed by atoms with Crippen LogP contribution in [0.25, 0.3) is 0 Å². The molecule has 4 heteroatoms. The highest BCUT2D eigenvalue weighted by atomic mass is 35.5. The van der Waals surface area contributed by atoms with Crippen LogP contribution in [0.3, 0.4) is 0 Å². The molecule has 1 unspecified atom stereocenters. The van der Waals surface area contributed by atoms with Crippen molar-refractivity contribution in [3.63, 3.8) is 0 Å². The van der Waals surface area contributed by atoms with Crippen LogP contribution in [-0.4, -0.2) is 29.7 Å². The van der Waals surface area contributed by atoms with E-state index in [1.165, 1.54) is 0 Å². The monoisotopic (exact) mass is 255 g/mol. The Labute approximate surface area is 107 Å². The topological polar surface area (TPSA) is 29.5 Å². The summed E-state index contributed by atoms with van der Waals surface area (Å²) in [6, 6.07) is 0.176. The molecule has 1 heterocycles. The molecule has 2 aliphatic rings. The molecular formula is C13H18ClNO2. The molecular weight excluding hydrogens is 238 g/mol. The summed E-state index contributed by atoms with van der Waals surface area (Å²) in [4.78, 5) is 13.5. The second-order valence-corrected chi connectivity index (χ2v) is 5.70. The maximum Gasteiger partial charge on any atom is 0.410 e. The molecule has 1 aliphatic carbocycles. The first kappa shape index (κ1) is 12.5. The van der Waals surface area contributed by atoms with E-state index in [0.717, 1.165) is 11.5 Å². The Bertz CT molecular complexity index is 389. The number of allylic oxidation sites excluding steroid dienone is 3. The Morgan fingerprint density at radius 1 is 1.59 bits per heavy atom. The molecule has 0 bridgehead atoms. The fourth-order valence-electron chi connectivity index (χ4n) is 2.32. The van der Waals surface area contributed by atoms with Gasteiger partial charge in [-0.1, -0.05) is 30.7 Å². The van der Waals surface area contributed by atoms with Crippen molar-refractivity contribution < 1.29 is 9.53 Å². The quantitative estimate of drug-likeness (QED) is 0.758. The molecule has 2 rings (SSSR count). The van der Waals surface area contributed by atoms with Gasteiger partial charge in [-0.2, -0.15) is 0 Å². The van der Waals surface area contributed by atoms with Crippen LogP contribution in [0.4, 0.5) is 4.79 Å². The Morgan fingerprint density at radius 3 is 2.82 bits per heavy atom. The molecule has 2 atom stereocenters. The Morgan fingerprint density at radius 2 is 2.29 bits per heavy atom. The van der Waals surface area contributed by atoms with Gasteiger partial charge in [-0.3, -0.25) is 0 Å². The van der Waals surface area contributed by atoms with Gasteiger partial charge in [0, 0.05) is 16.5 Å². The van der Waals surface area contributed by atoms with Gasteiger partial charge in [0.05, 0.1) is 6.54 Å². The zero-order valence-electron chi connectivity index (χ0n) is 10.4. The van der Waals surface area contributed by atoms with Gasteiger partial charge in [0.15, 0.2) is 0 Å². The molecule has 94 valence electrons. The first-order valence-electron chi connectivity index (χ1n) is 5.94. The molecule has 1 saturated heterocycles. The minimum Gasteiger partial charge on any atom is -0.443 e. The summed E-state index contributed by atoms with van der Waals surface area (Å²) >= 11 is 6.03. The van der Waals surface area contributed by atoms with E-state index < -0.39 is 0 Å². The smallest absolute Gasteiger partial charge is 0.410 e. The van der Waals surface area contributed by atoms with Gasteiger partial charge >= 0.3 is 6.09 Å². The van der Waals surface area contributed by atoms with Crippen molar-refractivity contribution in [2.24, 2.45) is 5.41 Å². The number of amides is 1. The number of hydrogen-bond donors (Lipinski definition) is 0. The van der Waals surface area contributed by atoms with Crippen LogP contribution in [0.2, 0.25) is 0 Å². The zero-order valence-corrected chi connectivity index (χ0v) is 11.2. The molecule has 1 aliphatic heterocycles. The van der Waals surface area contributed by atoms with E-state index in [9.17, 15) is 4.79 Å². The summed E-state index contributed by atoms with van der Waals surface area (Å²) in [6.45, 7) is 6.72. The molecule has 0 spiro atoms. The van der Waals surface area contributed by atoms with Gasteiger partial charge < -0.3 is 9.64 Å². The normalized spacial score (nSPS) is 33.0. The van der Waals surface area contributed by atoms with E-state index in [2.05, 4.69) is 6.92 Å². The summed E-state index contributed by atoms with van der Waals surface area (Å²) < 4.78 is 5.48. The summed E-state index contributed by atoms with van der Waals surface area (Å²) in [6.07, 6.45) is 6.44. The fraction of sp³-hybridized carbons (Fsp3) is 0.615. The maximum absolute atomic E-state index is 11.7.